The molecule has 0 bridgehead atoms. The molecule has 1 aromatic heterocycles. The summed E-state index contributed by atoms with van der Waals surface area (Å²) < 4.78 is 4.40. The molecule has 1 atom stereocenters. The van der Waals surface area contributed by atoms with Gasteiger partial charge in [0.25, 0.3) is 0 Å². The first-order chi connectivity index (χ1) is 5.74. The van der Waals surface area contributed by atoms with Gasteiger partial charge in [0.05, 0.1) is 24.7 Å². The first kappa shape index (κ1) is 9.15. The Morgan fingerprint density at radius 1 is 1.92 bits per heavy atom. The Labute approximate surface area is 73.8 Å². The molecule has 1 aromatic rings. The molecule has 66 valence electrons. The number of carbonyl (C=O) groups is 1. The molecular formula is C7H9NO3S. The lowest BCUT2D eigenvalue weighted by molar-refractivity contribution is -0.142. The van der Waals surface area contributed by atoms with Crippen molar-refractivity contribution in [1.29, 1.82) is 0 Å². The van der Waals surface area contributed by atoms with E-state index in [2.05, 4.69) is 9.72 Å². The Morgan fingerprint density at radius 2 is 2.67 bits per heavy atom. The van der Waals surface area contributed by atoms with E-state index in [4.69, 9.17) is 0 Å². The van der Waals surface area contributed by atoms with E-state index in [1.165, 1.54) is 18.4 Å². The molecule has 0 amide bonds. The standard InChI is InChI=1S/C7H9NO3S/c1-11-7(10)2-6(9)5-3-12-4-8-5/h3-4,6,9H,2H2,1H3/t6-/m1/s1. The minimum absolute atomic E-state index is 0.0414. The molecule has 0 radical (unpaired) electrons. The number of aliphatic hydroxyl groups excluding tert-OH is 1. The number of esters is 1. The maximum Gasteiger partial charge on any atom is 0.308 e. The van der Waals surface area contributed by atoms with E-state index >= 15 is 0 Å². The Morgan fingerprint density at radius 3 is 3.17 bits per heavy atom. The van der Waals surface area contributed by atoms with Gasteiger partial charge >= 0.3 is 5.97 Å². The zero-order chi connectivity index (χ0) is 8.97. The number of hydrogen-bond acceptors (Lipinski definition) is 5. The summed E-state index contributed by atoms with van der Waals surface area (Å²) in [4.78, 5) is 14.6. The zero-order valence-electron chi connectivity index (χ0n) is 6.56. The Balaban J connectivity index is 2.49. The number of methoxy groups -OCH3 is 1. The highest BCUT2D eigenvalue weighted by Gasteiger charge is 2.14. The van der Waals surface area contributed by atoms with Gasteiger partial charge < -0.3 is 9.84 Å². The topological polar surface area (TPSA) is 59.4 Å². The van der Waals surface area contributed by atoms with Crippen molar-refractivity contribution in [2.45, 2.75) is 12.5 Å². The molecule has 0 saturated heterocycles. The van der Waals surface area contributed by atoms with E-state index in [0.29, 0.717) is 5.69 Å². The quantitative estimate of drug-likeness (QED) is 0.709. The van der Waals surface area contributed by atoms with E-state index in [1.54, 1.807) is 10.9 Å². The van der Waals surface area contributed by atoms with Crippen LogP contribution in [0.4, 0.5) is 0 Å². The van der Waals surface area contributed by atoms with Crippen LogP contribution in [0.5, 0.6) is 0 Å². The van der Waals surface area contributed by atoms with Crippen molar-refractivity contribution >= 4 is 17.3 Å². The number of nitrogens with zero attached hydrogens (tertiary/aromatic N) is 1. The molecule has 0 unspecified atom stereocenters. The minimum atomic E-state index is -0.844. The van der Waals surface area contributed by atoms with Gasteiger partial charge in [0, 0.05) is 5.38 Å². The maximum absolute atomic E-state index is 10.7. The fraction of sp³-hybridized carbons (Fsp3) is 0.429. The first-order valence-corrected chi connectivity index (χ1v) is 4.31. The summed E-state index contributed by atoms with van der Waals surface area (Å²) in [6.07, 6.45) is -0.885. The number of aromatic nitrogens is 1. The Kier molecular flexibility index (Phi) is 3.19. The molecule has 4 nitrogen and oxygen atoms in total. The van der Waals surface area contributed by atoms with Gasteiger partial charge in [-0.1, -0.05) is 0 Å². The second-order valence-corrected chi connectivity index (χ2v) is 2.93. The highest BCUT2D eigenvalue weighted by molar-refractivity contribution is 7.07. The maximum atomic E-state index is 10.7. The Hall–Kier alpha value is -0.940. The largest absolute Gasteiger partial charge is 0.469 e. The zero-order valence-corrected chi connectivity index (χ0v) is 7.37. The first-order valence-electron chi connectivity index (χ1n) is 3.37. The molecular weight excluding hydrogens is 178 g/mol. The average Bonchev–Trinajstić information content (AvgIpc) is 2.56. The van der Waals surface area contributed by atoms with Gasteiger partial charge in [0.1, 0.15) is 6.10 Å². The third kappa shape index (κ3) is 2.28. The molecule has 12 heavy (non-hydrogen) atoms. The lowest BCUT2D eigenvalue weighted by Crippen LogP contribution is -2.08. The molecule has 0 aliphatic rings. The summed E-state index contributed by atoms with van der Waals surface area (Å²) in [7, 11) is 1.29. The monoisotopic (exact) mass is 187 g/mol. The van der Waals surface area contributed by atoms with Gasteiger partial charge in [-0.15, -0.1) is 11.3 Å². The predicted octanol–water partition coefficient (Wildman–Crippen LogP) is 0.740. The summed E-state index contributed by atoms with van der Waals surface area (Å²) in [5, 5.41) is 11.1. The molecule has 1 rings (SSSR count). The van der Waals surface area contributed by atoms with Crippen LogP contribution in [0.2, 0.25) is 0 Å². The van der Waals surface area contributed by atoms with Crippen molar-refractivity contribution in [2.75, 3.05) is 7.11 Å². The number of hydrogen-bond donors (Lipinski definition) is 1. The van der Waals surface area contributed by atoms with Crippen LogP contribution in [-0.2, 0) is 9.53 Å². The molecule has 0 spiro atoms. The van der Waals surface area contributed by atoms with E-state index in [9.17, 15) is 9.90 Å². The van der Waals surface area contributed by atoms with Crippen molar-refractivity contribution in [3.05, 3.63) is 16.6 Å². The van der Waals surface area contributed by atoms with Crippen molar-refractivity contribution in [1.82, 2.24) is 4.98 Å². The molecule has 5 heteroatoms. The van der Waals surface area contributed by atoms with E-state index in [1.807, 2.05) is 0 Å². The van der Waals surface area contributed by atoms with E-state index in [-0.39, 0.29) is 6.42 Å². The fourth-order valence-electron chi connectivity index (χ4n) is 0.732. The summed E-state index contributed by atoms with van der Waals surface area (Å²) in [5.74, 6) is -0.435. The molecule has 0 aliphatic carbocycles. The number of aliphatic hydroxyl groups is 1. The van der Waals surface area contributed by atoms with Gasteiger partial charge in [0.15, 0.2) is 0 Å². The number of carbonyl (C=O) groups excluding carboxylic acids is 1. The summed E-state index contributed by atoms with van der Waals surface area (Å²) >= 11 is 1.38. The summed E-state index contributed by atoms with van der Waals surface area (Å²) in [6, 6.07) is 0. The molecule has 0 fully saturated rings. The van der Waals surface area contributed by atoms with Crippen LogP contribution in [0.1, 0.15) is 18.2 Å². The smallest absolute Gasteiger partial charge is 0.308 e. The van der Waals surface area contributed by atoms with Crippen LogP contribution in [0, 0.1) is 0 Å². The SMILES string of the molecule is COC(=O)C[C@@H](O)c1cscn1. The average molecular weight is 187 g/mol. The lowest BCUT2D eigenvalue weighted by atomic mass is 10.2. The summed E-state index contributed by atoms with van der Waals surface area (Å²) in [6.45, 7) is 0. The molecule has 0 aromatic carbocycles. The van der Waals surface area contributed by atoms with Gasteiger partial charge in [-0.25, -0.2) is 4.98 Å². The second kappa shape index (κ2) is 4.18. The van der Waals surface area contributed by atoms with Crippen LogP contribution >= 0.6 is 11.3 Å². The third-order valence-corrected chi connectivity index (χ3v) is 1.99. The van der Waals surface area contributed by atoms with Crippen molar-refractivity contribution in [2.24, 2.45) is 0 Å². The van der Waals surface area contributed by atoms with Crippen LogP contribution in [-0.4, -0.2) is 23.2 Å². The lowest BCUT2D eigenvalue weighted by Gasteiger charge is -2.04. The van der Waals surface area contributed by atoms with Crippen LogP contribution < -0.4 is 0 Å². The van der Waals surface area contributed by atoms with Crippen LogP contribution in [0.3, 0.4) is 0 Å². The van der Waals surface area contributed by atoms with Crippen LogP contribution in [0.15, 0.2) is 10.9 Å². The molecule has 1 N–H and O–H groups in total. The Bertz CT molecular complexity index is 247. The van der Waals surface area contributed by atoms with E-state index < -0.39 is 12.1 Å². The van der Waals surface area contributed by atoms with Gasteiger partial charge in [-0.05, 0) is 0 Å². The minimum Gasteiger partial charge on any atom is -0.469 e. The van der Waals surface area contributed by atoms with Crippen molar-refractivity contribution in [3.63, 3.8) is 0 Å². The van der Waals surface area contributed by atoms with E-state index in [0.717, 1.165) is 0 Å². The number of ether oxygens (including phenoxy) is 1. The highest BCUT2D eigenvalue weighted by atomic mass is 32.1. The number of thiazole rings is 1. The normalized spacial score (nSPS) is 12.5. The van der Waals surface area contributed by atoms with Crippen LogP contribution in [0.25, 0.3) is 0 Å². The molecule has 0 aliphatic heterocycles. The van der Waals surface area contributed by atoms with Crippen molar-refractivity contribution in [3.8, 4) is 0 Å². The van der Waals surface area contributed by atoms with Gasteiger partial charge in [-0.3, -0.25) is 4.79 Å². The number of rotatable bonds is 3. The summed E-state index contributed by atoms with van der Waals surface area (Å²) in [5.41, 5.74) is 2.13. The molecule has 1 heterocycles. The second-order valence-electron chi connectivity index (χ2n) is 2.21. The van der Waals surface area contributed by atoms with Gasteiger partial charge in [0.2, 0.25) is 0 Å². The van der Waals surface area contributed by atoms with Gasteiger partial charge in [-0.2, -0.15) is 0 Å². The molecule has 0 saturated carbocycles. The predicted molar refractivity (Wildman–Crippen MR) is 43.7 cm³/mol. The van der Waals surface area contributed by atoms with Crippen molar-refractivity contribution < 1.29 is 14.6 Å². The third-order valence-electron chi connectivity index (χ3n) is 1.38. The highest BCUT2D eigenvalue weighted by Crippen LogP contribution is 2.16. The fourth-order valence-corrected chi connectivity index (χ4v) is 1.33.